The lowest BCUT2D eigenvalue weighted by Gasteiger charge is -2.10. The van der Waals surface area contributed by atoms with Gasteiger partial charge in [-0.05, 0) is 36.4 Å². The van der Waals surface area contributed by atoms with E-state index in [1.165, 1.54) is 25.1 Å². The number of ether oxygens (including phenoxy) is 1. The number of fused-ring (bicyclic) bond motifs is 1. The molecule has 0 saturated heterocycles. The molecule has 3 rings (SSSR count). The average Bonchev–Trinajstić information content (AvgIpc) is 3.08. The summed E-state index contributed by atoms with van der Waals surface area (Å²) >= 11 is 0. The molecule has 32 heavy (non-hydrogen) atoms. The third-order valence-corrected chi connectivity index (χ3v) is 4.60. The van der Waals surface area contributed by atoms with Crippen molar-refractivity contribution in [3.63, 3.8) is 0 Å². The first-order valence-corrected chi connectivity index (χ1v) is 9.31. The maximum absolute atomic E-state index is 12.8. The van der Waals surface area contributed by atoms with Crippen molar-refractivity contribution in [1.29, 1.82) is 5.26 Å². The third kappa shape index (κ3) is 4.73. The van der Waals surface area contributed by atoms with Crippen LogP contribution in [0.5, 0.6) is 0 Å². The Morgan fingerprint density at radius 2 is 1.84 bits per heavy atom. The van der Waals surface area contributed by atoms with Gasteiger partial charge in [0.15, 0.2) is 6.61 Å². The summed E-state index contributed by atoms with van der Waals surface area (Å²) in [5.74, 6) is -2.89. The molecule has 0 aliphatic rings. The zero-order valence-electron chi connectivity index (χ0n) is 17.1. The highest BCUT2D eigenvalue weighted by atomic mass is 16.5. The second-order valence-electron chi connectivity index (χ2n) is 6.82. The normalized spacial score (nSPS) is 10.3. The zero-order chi connectivity index (χ0) is 23.4. The van der Waals surface area contributed by atoms with Crippen molar-refractivity contribution in [2.75, 3.05) is 17.2 Å². The minimum atomic E-state index is -1.27. The van der Waals surface area contributed by atoms with Crippen LogP contribution in [-0.2, 0) is 21.4 Å². The molecule has 0 spiro atoms. The molecule has 10 nitrogen and oxygen atoms in total. The number of esters is 1. The molecular formula is C22H18N4O6. The molecule has 1 heterocycles. The van der Waals surface area contributed by atoms with Crippen LogP contribution in [-0.4, -0.2) is 40.0 Å². The maximum atomic E-state index is 12.8. The number of hydrogen-bond donors (Lipinski definition) is 3. The van der Waals surface area contributed by atoms with E-state index >= 15 is 0 Å². The molecular weight excluding hydrogens is 416 g/mol. The number of nitrogens with one attached hydrogen (secondary N) is 2. The second kappa shape index (κ2) is 9.01. The van der Waals surface area contributed by atoms with Gasteiger partial charge in [0.25, 0.3) is 11.8 Å². The topological polar surface area (TPSA) is 151 Å². The highest BCUT2D eigenvalue weighted by Gasteiger charge is 2.18. The van der Waals surface area contributed by atoms with Gasteiger partial charge in [0.05, 0.1) is 28.4 Å². The summed E-state index contributed by atoms with van der Waals surface area (Å²) in [4.78, 5) is 47.0. The number of carbonyl (C=O) groups is 4. The molecule has 3 N–H and O–H groups in total. The highest BCUT2D eigenvalue weighted by molar-refractivity contribution is 6.09. The number of nitriles is 1. The van der Waals surface area contributed by atoms with Crippen molar-refractivity contribution in [2.45, 2.75) is 6.92 Å². The summed E-state index contributed by atoms with van der Waals surface area (Å²) < 4.78 is 6.25. The molecule has 10 heteroatoms. The maximum Gasteiger partial charge on any atom is 0.337 e. The largest absolute Gasteiger partial charge is 0.478 e. The van der Waals surface area contributed by atoms with Crippen LogP contribution in [0.15, 0.2) is 42.5 Å². The fraction of sp³-hybridized carbons (Fsp3) is 0.136. The molecule has 162 valence electrons. The van der Waals surface area contributed by atoms with Crippen LogP contribution in [0.4, 0.5) is 11.4 Å². The number of aromatic carboxylic acids is 1. The fourth-order valence-electron chi connectivity index (χ4n) is 3.08. The van der Waals surface area contributed by atoms with E-state index < -0.39 is 30.4 Å². The van der Waals surface area contributed by atoms with Crippen LogP contribution in [0.3, 0.4) is 0 Å². The number of aryl methyl sites for hydroxylation is 1. The fourth-order valence-corrected chi connectivity index (χ4v) is 3.08. The number of anilines is 2. The summed E-state index contributed by atoms with van der Waals surface area (Å²) in [5, 5.41) is 24.2. The minimum Gasteiger partial charge on any atom is -0.478 e. The molecule has 0 bridgehead atoms. The average molecular weight is 434 g/mol. The highest BCUT2D eigenvalue weighted by Crippen LogP contribution is 2.24. The van der Waals surface area contributed by atoms with Gasteiger partial charge in [-0.2, -0.15) is 5.26 Å². The Kier molecular flexibility index (Phi) is 6.21. The molecule has 3 aromatic rings. The smallest absolute Gasteiger partial charge is 0.337 e. The molecule has 0 atom stereocenters. The van der Waals surface area contributed by atoms with Gasteiger partial charge in [0.1, 0.15) is 5.69 Å². The van der Waals surface area contributed by atoms with E-state index in [4.69, 9.17) is 5.26 Å². The number of carboxylic acid groups (broad SMARTS) is 1. The van der Waals surface area contributed by atoms with Crippen LogP contribution in [0.25, 0.3) is 10.9 Å². The molecule has 2 aromatic carbocycles. The van der Waals surface area contributed by atoms with Crippen molar-refractivity contribution in [1.82, 2.24) is 4.57 Å². The molecule has 0 saturated carbocycles. The summed E-state index contributed by atoms with van der Waals surface area (Å²) in [5.41, 5.74) is 1.36. The summed E-state index contributed by atoms with van der Waals surface area (Å²) in [6.07, 6.45) is 0. The molecule has 0 aliphatic carbocycles. The zero-order valence-corrected chi connectivity index (χ0v) is 17.1. The number of carbonyl (C=O) groups excluding carboxylic acids is 3. The quantitative estimate of drug-likeness (QED) is 0.504. The van der Waals surface area contributed by atoms with Crippen LogP contribution in [0, 0.1) is 11.3 Å². The van der Waals surface area contributed by atoms with Crippen molar-refractivity contribution in [3.8, 4) is 6.07 Å². The van der Waals surface area contributed by atoms with E-state index in [9.17, 15) is 24.3 Å². The number of amides is 2. The number of benzene rings is 2. The van der Waals surface area contributed by atoms with Gasteiger partial charge < -0.3 is 25.0 Å². The van der Waals surface area contributed by atoms with Gasteiger partial charge in [-0.1, -0.05) is 6.07 Å². The van der Waals surface area contributed by atoms with E-state index in [1.54, 1.807) is 35.9 Å². The Bertz CT molecular complexity index is 1300. The lowest BCUT2D eigenvalue weighted by Crippen LogP contribution is -2.19. The Morgan fingerprint density at radius 1 is 1.09 bits per heavy atom. The summed E-state index contributed by atoms with van der Waals surface area (Å²) in [7, 11) is 1.65. The van der Waals surface area contributed by atoms with Crippen molar-refractivity contribution < 1.29 is 29.0 Å². The van der Waals surface area contributed by atoms with Gasteiger partial charge in [-0.3, -0.25) is 14.4 Å². The van der Waals surface area contributed by atoms with E-state index in [2.05, 4.69) is 15.4 Å². The molecule has 1 aromatic heterocycles. The first-order valence-electron chi connectivity index (χ1n) is 9.31. The number of aromatic nitrogens is 1. The van der Waals surface area contributed by atoms with E-state index in [-0.39, 0.29) is 22.5 Å². The van der Waals surface area contributed by atoms with E-state index in [0.717, 1.165) is 0 Å². The van der Waals surface area contributed by atoms with Crippen LogP contribution >= 0.6 is 0 Å². The van der Waals surface area contributed by atoms with Gasteiger partial charge in [-0.15, -0.1) is 0 Å². The molecule has 0 fully saturated rings. The first-order chi connectivity index (χ1) is 15.2. The van der Waals surface area contributed by atoms with Gasteiger partial charge in [0, 0.05) is 25.0 Å². The van der Waals surface area contributed by atoms with Crippen molar-refractivity contribution in [3.05, 3.63) is 59.3 Å². The molecule has 0 radical (unpaired) electrons. The third-order valence-electron chi connectivity index (χ3n) is 4.60. The Balaban J connectivity index is 1.85. The molecule has 2 amide bonds. The number of carboxylic acids is 1. The predicted octanol–water partition coefficient (Wildman–Crippen LogP) is 2.50. The number of hydrogen-bond acceptors (Lipinski definition) is 6. The monoisotopic (exact) mass is 434 g/mol. The molecule has 0 unspecified atom stereocenters. The Hall–Kier alpha value is -4.65. The summed E-state index contributed by atoms with van der Waals surface area (Å²) in [6, 6.07) is 12.4. The van der Waals surface area contributed by atoms with Crippen LogP contribution < -0.4 is 10.6 Å². The SMILES string of the molecule is CC(=O)OCC(=O)Nc1ccc2cc(C(=O)Nc3ccc(C#N)cc3C(=O)O)n(C)c2c1. The standard InChI is InChI=1S/C22H18N4O6/c1-12(27)32-11-20(28)24-15-5-4-14-8-19(26(2)18(14)9-15)21(29)25-17-6-3-13(10-23)7-16(17)22(30)31/h3-9H,11H2,1-2H3,(H,24,28)(H,25,29)(H,30,31). The van der Waals surface area contributed by atoms with E-state index in [0.29, 0.717) is 16.6 Å². The van der Waals surface area contributed by atoms with E-state index in [1.807, 2.05) is 6.07 Å². The first kappa shape index (κ1) is 22.0. The molecule has 0 aliphatic heterocycles. The van der Waals surface area contributed by atoms with Crippen molar-refractivity contribution >= 4 is 46.0 Å². The van der Waals surface area contributed by atoms with Gasteiger partial charge in [-0.25, -0.2) is 4.79 Å². The van der Waals surface area contributed by atoms with Crippen LogP contribution in [0.2, 0.25) is 0 Å². The minimum absolute atomic E-state index is 0.0604. The second-order valence-corrected chi connectivity index (χ2v) is 6.82. The van der Waals surface area contributed by atoms with Gasteiger partial charge in [0.2, 0.25) is 0 Å². The lowest BCUT2D eigenvalue weighted by atomic mass is 10.1. The summed E-state index contributed by atoms with van der Waals surface area (Å²) in [6.45, 7) is 0.790. The van der Waals surface area contributed by atoms with Gasteiger partial charge >= 0.3 is 11.9 Å². The number of rotatable bonds is 6. The number of nitrogens with zero attached hydrogens (tertiary/aromatic N) is 2. The Labute approximate surface area is 182 Å². The van der Waals surface area contributed by atoms with Crippen molar-refractivity contribution in [2.24, 2.45) is 7.05 Å². The predicted molar refractivity (Wildman–Crippen MR) is 114 cm³/mol. The Morgan fingerprint density at radius 3 is 2.50 bits per heavy atom. The van der Waals surface area contributed by atoms with Crippen LogP contribution in [0.1, 0.15) is 33.3 Å². The lowest BCUT2D eigenvalue weighted by molar-refractivity contribution is -0.144.